The first-order valence-electron chi connectivity index (χ1n) is 9.41. The Balaban J connectivity index is 1.65. The predicted octanol–water partition coefficient (Wildman–Crippen LogP) is 6.06. The van der Waals surface area contributed by atoms with Crippen LogP contribution in [-0.4, -0.2) is 12.5 Å². The normalized spacial score (nSPS) is 16.0. The lowest BCUT2D eigenvalue weighted by Crippen LogP contribution is -2.22. The second kappa shape index (κ2) is 7.76. The zero-order valence-electron chi connectivity index (χ0n) is 15.9. The van der Waals surface area contributed by atoms with Crippen molar-refractivity contribution in [1.29, 1.82) is 0 Å². The fraction of sp³-hybridized carbons (Fsp3) is 0.261. The van der Waals surface area contributed by atoms with E-state index in [9.17, 15) is 9.18 Å². The number of carbonyl (C=O) groups is 1. The molecule has 0 spiro atoms. The molecule has 3 nitrogen and oxygen atoms in total. The summed E-state index contributed by atoms with van der Waals surface area (Å²) in [6.45, 7) is 4.91. The van der Waals surface area contributed by atoms with Crippen LogP contribution in [0.2, 0.25) is 0 Å². The Bertz CT molecular complexity index is 994. The molecule has 0 aliphatic carbocycles. The molecule has 28 heavy (non-hydrogen) atoms. The lowest BCUT2D eigenvalue weighted by molar-refractivity contribution is -0.116. The van der Waals surface area contributed by atoms with Crippen molar-refractivity contribution in [2.45, 2.75) is 26.2 Å². The number of anilines is 1. The SMILES string of the molecule is CC(C)COc1ccc([C@@H]2CC(=O)Nc3c(-c4cccc(F)c4)csc32)cc1. The minimum atomic E-state index is -0.284. The molecule has 0 radical (unpaired) electrons. The second-order valence-corrected chi connectivity index (χ2v) is 8.39. The number of nitrogens with one attached hydrogen (secondary N) is 1. The molecule has 0 saturated carbocycles. The van der Waals surface area contributed by atoms with Crippen LogP contribution in [0.15, 0.2) is 53.9 Å². The lowest BCUT2D eigenvalue weighted by atomic mass is 9.89. The molecule has 0 saturated heterocycles. The first-order valence-corrected chi connectivity index (χ1v) is 10.3. The van der Waals surface area contributed by atoms with Crippen LogP contribution in [0, 0.1) is 11.7 Å². The first kappa shape index (κ1) is 18.7. The monoisotopic (exact) mass is 395 g/mol. The van der Waals surface area contributed by atoms with Gasteiger partial charge < -0.3 is 10.1 Å². The number of benzene rings is 2. The Morgan fingerprint density at radius 1 is 1.21 bits per heavy atom. The highest BCUT2D eigenvalue weighted by molar-refractivity contribution is 7.11. The summed E-state index contributed by atoms with van der Waals surface area (Å²) in [4.78, 5) is 13.5. The molecule has 1 amide bonds. The molecule has 2 aromatic carbocycles. The molecule has 0 bridgehead atoms. The quantitative estimate of drug-likeness (QED) is 0.570. The first-order chi connectivity index (χ1) is 13.5. The molecule has 1 aliphatic rings. The van der Waals surface area contributed by atoms with Gasteiger partial charge in [0.25, 0.3) is 0 Å². The maximum absolute atomic E-state index is 13.7. The van der Waals surface area contributed by atoms with E-state index in [1.165, 1.54) is 12.1 Å². The standard InChI is InChI=1S/C23H22FNO2S/c1-14(2)12-27-18-8-6-15(7-9-18)19-11-21(26)25-22-20(13-28-23(19)22)16-4-3-5-17(24)10-16/h3-10,13-14,19H,11-12H2,1-2H3,(H,25,26)/t19-/m0/s1. The minimum Gasteiger partial charge on any atom is -0.493 e. The predicted molar refractivity (Wildman–Crippen MR) is 112 cm³/mol. The topological polar surface area (TPSA) is 38.3 Å². The molecular formula is C23H22FNO2S. The van der Waals surface area contributed by atoms with Gasteiger partial charge in [0.05, 0.1) is 12.3 Å². The van der Waals surface area contributed by atoms with Gasteiger partial charge in [0.2, 0.25) is 5.91 Å². The van der Waals surface area contributed by atoms with E-state index in [4.69, 9.17) is 4.74 Å². The third kappa shape index (κ3) is 3.80. The Morgan fingerprint density at radius 3 is 2.71 bits per heavy atom. The molecule has 2 heterocycles. The number of carbonyl (C=O) groups excluding carboxylic acids is 1. The summed E-state index contributed by atoms with van der Waals surface area (Å²) in [6, 6.07) is 14.5. The number of hydrogen-bond donors (Lipinski definition) is 1. The van der Waals surface area contributed by atoms with Gasteiger partial charge in [-0.1, -0.05) is 38.1 Å². The molecule has 1 aliphatic heterocycles. The number of rotatable bonds is 5. The van der Waals surface area contributed by atoms with E-state index in [-0.39, 0.29) is 17.6 Å². The van der Waals surface area contributed by atoms with E-state index in [0.29, 0.717) is 18.9 Å². The Hall–Kier alpha value is -2.66. The summed E-state index contributed by atoms with van der Waals surface area (Å²) < 4.78 is 19.4. The lowest BCUT2D eigenvalue weighted by Gasteiger charge is -2.24. The van der Waals surface area contributed by atoms with E-state index < -0.39 is 0 Å². The number of halogens is 1. The number of fused-ring (bicyclic) bond motifs is 1. The highest BCUT2D eigenvalue weighted by Crippen LogP contribution is 2.46. The maximum atomic E-state index is 13.7. The largest absolute Gasteiger partial charge is 0.493 e. The van der Waals surface area contributed by atoms with Crippen LogP contribution in [0.1, 0.15) is 36.6 Å². The molecule has 5 heteroatoms. The third-order valence-electron chi connectivity index (χ3n) is 4.79. The van der Waals surface area contributed by atoms with Crippen molar-refractivity contribution in [1.82, 2.24) is 0 Å². The molecule has 1 atom stereocenters. The molecule has 0 unspecified atom stereocenters. The van der Waals surface area contributed by atoms with Crippen molar-refractivity contribution in [3.63, 3.8) is 0 Å². The van der Waals surface area contributed by atoms with Gasteiger partial charge in [-0.15, -0.1) is 11.3 Å². The van der Waals surface area contributed by atoms with Crippen molar-refractivity contribution in [2.24, 2.45) is 5.92 Å². The molecule has 0 fully saturated rings. The van der Waals surface area contributed by atoms with Gasteiger partial charge in [0.15, 0.2) is 0 Å². The van der Waals surface area contributed by atoms with Gasteiger partial charge in [-0.3, -0.25) is 4.79 Å². The van der Waals surface area contributed by atoms with Crippen molar-refractivity contribution in [2.75, 3.05) is 11.9 Å². The van der Waals surface area contributed by atoms with Crippen molar-refractivity contribution >= 4 is 22.9 Å². The van der Waals surface area contributed by atoms with Crippen molar-refractivity contribution < 1.29 is 13.9 Å². The van der Waals surface area contributed by atoms with Gasteiger partial charge in [0.1, 0.15) is 11.6 Å². The highest BCUT2D eigenvalue weighted by Gasteiger charge is 2.30. The van der Waals surface area contributed by atoms with E-state index in [1.807, 2.05) is 35.7 Å². The van der Waals surface area contributed by atoms with Gasteiger partial charge in [-0.25, -0.2) is 4.39 Å². The summed E-state index contributed by atoms with van der Waals surface area (Å²) >= 11 is 1.61. The van der Waals surface area contributed by atoms with Crippen molar-refractivity contribution in [3.05, 3.63) is 70.2 Å². The Kier molecular flexibility index (Phi) is 5.18. The average molecular weight is 395 g/mol. The number of ether oxygens (including phenoxy) is 1. The summed E-state index contributed by atoms with van der Waals surface area (Å²) in [5.74, 6) is 0.998. The Morgan fingerprint density at radius 2 is 2.00 bits per heavy atom. The van der Waals surface area contributed by atoms with Crippen LogP contribution in [0.4, 0.5) is 10.1 Å². The van der Waals surface area contributed by atoms with Gasteiger partial charge in [-0.2, -0.15) is 0 Å². The van der Waals surface area contributed by atoms with Crippen molar-refractivity contribution in [3.8, 4) is 16.9 Å². The molecule has 1 aromatic heterocycles. The van der Waals surface area contributed by atoms with Crippen LogP contribution in [0.3, 0.4) is 0 Å². The summed E-state index contributed by atoms with van der Waals surface area (Å²) in [5, 5.41) is 4.99. The Labute approximate surface area is 168 Å². The van der Waals surface area contributed by atoms with E-state index in [1.54, 1.807) is 17.4 Å². The number of thiophene rings is 1. The van der Waals surface area contributed by atoms with Crippen LogP contribution in [0.5, 0.6) is 5.75 Å². The minimum absolute atomic E-state index is 0.00444. The number of amides is 1. The highest BCUT2D eigenvalue weighted by atomic mass is 32.1. The molecule has 144 valence electrons. The van der Waals surface area contributed by atoms with Gasteiger partial charge >= 0.3 is 0 Å². The zero-order valence-corrected chi connectivity index (χ0v) is 16.7. The smallest absolute Gasteiger partial charge is 0.225 e. The molecule has 3 aromatic rings. The molecular weight excluding hydrogens is 373 g/mol. The fourth-order valence-corrected chi connectivity index (χ4v) is 4.58. The van der Waals surface area contributed by atoms with Gasteiger partial charge in [-0.05, 0) is 41.3 Å². The summed E-state index contributed by atoms with van der Waals surface area (Å²) in [7, 11) is 0. The van der Waals surface area contributed by atoms with Gasteiger partial charge in [0, 0.05) is 28.2 Å². The van der Waals surface area contributed by atoms with Crippen LogP contribution in [-0.2, 0) is 4.79 Å². The van der Waals surface area contributed by atoms with E-state index >= 15 is 0 Å². The maximum Gasteiger partial charge on any atom is 0.225 e. The van der Waals surface area contributed by atoms with Crippen LogP contribution < -0.4 is 10.1 Å². The molecule has 4 rings (SSSR count). The second-order valence-electron chi connectivity index (χ2n) is 7.48. The molecule has 1 N–H and O–H groups in total. The third-order valence-corrected chi connectivity index (χ3v) is 5.89. The summed E-state index contributed by atoms with van der Waals surface area (Å²) in [5.41, 5.74) is 3.53. The zero-order chi connectivity index (χ0) is 19.7. The number of hydrogen-bond acceptors (Lipinski definition) is 3. The average Bonchev–Trinajstić information content (AvgIpc) is 3.10. The fourth-order valence-electron chi connectivity index (χ4n) is 3.42. The summed E-state index contributed by atoms with van der Waals surface area (Å²) in [6.07, 6.45) is 0.405. The van der Waals surface area contributed by atoms with E-state index in [0.717, 1.165) is 33.0 Å². The van der Waals surface area contributed by atoms with Crippen LogP contribution in [0.25, 0.3) is 11.1 Å². The van der Waals surface area contributed by atoms with E-state index in [2.05, 4.69) is 19.2 Å². The van der Waals surface area contributed by atoms with Crippen LogP contribution >= 0.6 is 11.3 Å².